The number of guanidine groups is 1. The van der Waals surface area contributed by atoms with Gasteiger partial charge in [0.1, 0.15) is 29.4 Å². The molecular formula is C33H39N5O4. The quantitative estimate of drug-likeness (QED) is 0.207. The number of rotatable bonds is 8. The van der Waals surface area contributed by atoms with Gasteiger partial charge in [-0.2, -0.15) is 0 Å². The van der Waals surface area contributed by atoms with E-state index in [4.69, 9.17) is 30.8 Å². The van der Waals surface area contributed by atoms with E-state index in [1.165, 1.54) is 5.56 Å². The molecule has 0 aromatic heterocycles. The number of esters is 1. The molecule has 0 amide bonds. The summed E-state index contributed by atoms with van der Waals surface area (Å²) in [4.78, 5) is 17.1. The summed E-state index contributed by atoms with van der Waals surface area (Å²) in [7, 11) is 1.64. The van der Waals surface area contributed by atoms with Crippen LogP contribution in [0.5, 0.6) is 11.5 Å². The van der Waals surface area contributed by atoms with E-state index < -0.39 is 5.92 Å². The maximum atomic E-state index is 13.2. The van der Waals surface area contributed by atoms with Crippen LogP contribution in [0.3, 0.4) is 0 Å². The highest BCUT2D eigenvalue weighted by Gasteiger charge is 2.27. The largest absolute Gasteiger partial charge is 0.497 e. The summed E-state index contributed by atoms with van der Waals surface area (Å²) < 4.78 is 17.0. The fourth-order valence-corrected chi connectivity index (χ4v) is 5.71. The summed E-state index contributed by atoms with van der Waals surface area (Å²) in [6, 6.07) is 21.4. The van der Waals surface area contributed by atoms with Crippen molar-refractivity contribution in [1.29, 1.82) is 10.8 Å². The van der Waals surface area contributed by atoms with Crippen molar-refractivity contribution in [2.75, 3.05) is 33.4 Å². The van der Waals surface area contributed by atoms with Gasteiger partial charge in [-0.25, -0.2) is 0 Å². The Morgan fingerprint density at radius 1 is 0.905 bits per heavy atom. The Morgan fingerprint density at radius 3 is 2.21 bits per heavy atom. The topological polar surface area (TPSA) is 125 Å². The second kappa shape index (κ2) is 13.0. The molecule has 0 bridgehead atoms. The van der Waals surface area contributed by atoms with Crippen molar-refractivity contribution in [2.24, 2.45) is 5.73 Å². The number of hydrogen-bond acceptors (Lipinski definition) is 6. The van der Waals surface area contributed by atoms with Crippen LogP contribution in [0.4, 0.5) is 0 Å². The van der Waals surface area contributed by atoms with Gasteiger partial charge in [-0.3, -0.25) is 15.6 Å². The number of likely N-dealkylation sites (tertiary alicyclic amines) is 1. The number of hydrogen-bond donors (Lipinski definition) is 3. The van der Waals surface area contributed by atoms with Crippen LogP contribution < -0.4 is 15.2 Å². The minimum atomic E-state index is -0.566. The minimum Gasteiger partial charge on any atom is -0.497 e. The van der Waals surface area contributed by atoms with E-state index in [1.807, 2.05) is 72.5 Å². The number of nitrogens with zero attached hydrogens (tertiary/aromatic N) is 2. The number of benzene rings is 3. The second-order valence-electron chi connectivity index (χ2n) is 10.7. The predicted octanol–water partition coefficient (Wildman–Crippen LogP) is 4.51. The van der Waals surface area contributed by atoms with Crippen molar-refractivity contribution in [2.45, 2.75) is 44.8 Å². The third-order valence-electron chi connectivity index (χ3n) is 8.08. The molecule has 9 nitrogen and oxygen atoms in total. The molecule has 1 fully saturated rings. The van der Waals surface area contributed by atoms with Crippen molar-refractivity contribution in [3.63, 3.8) is 0 Å². The van der Waals surface area contributed by atoms with Crippen LogP contribution in [-0.2, 0) is 22.5 Å². The molecule has 3 aromatic rings. The lowest BCUT2D eigenvalue weighted by Crippen LogP contribution is -2.41. The van der Waals surface area contributed by atoms with E-state index in [0.29, 0.717) is 25.5 Å². The molecule has 2 aliphatic heterocycles. The lowest BCUT2D eigenvalue weighted by molar-refractivity contribution is -0.143. The SMILES string of the molecule is CCOC(=O)C(c1ccc(OC2CCN(C(=N)c3ccc(OC)cc3)CC2)cc1)c1ccc2c(c1)CN(C(=N)N)CC2. The van der Waals surface area contributed by atoms with Crippen LogP contribution in [0.2, 0.25) is 0 Å². The van der Waals surface area contributed by atoms with E-state index >= 15 is 0 Å². The number of amidine groups is 1. The van der Waals surface area contributed by atoms with Crippen LogP contribution in [0, 0.1) is 10.8 Å². The number of ether oxygens (including phenoxy) is 3. The molecule has 0 saturated carbocycles. The summed E-state index contributed by atoms with van der Waals surface area (Å²) in [5.74, 6) is 1.25. The van der Waals surface area contributed by atoms with Crippen LogP contribution in [0.1, 0.15) is 53.5 Å². The highest BCUT2D eigenvalue weighted by Crippen LogP contribution is 2.31. The first kappa shape index (κ1) is 29.0. The second-order valence-corrected chi connectivity index (χ2v) is 10.7. The average Bonchev–Trinajstić information content (AvgIpc) is 3.02. The molecule has 1 saturated heterocycles. The number of nitrogens with two attached hydrogens (primary N) is 1. The minimum absolute atomic E-state index is 0.0569. The highest BCUT2D eigenvalue weighted by atomic mass is 16.5. The molecule has 1 unspecified atom stereocenters. The fourth-order valence-electron chi connectivity index (χ4n) is 5.71. The maximum Gasteiger partial charge on any atom is 0.317 e. The first-order valence-corrected chi connectivity index (χ1v) is 14.5. The van der Waals surface area contributed by atoms with Gasteiger partial charge in [-0.05, 0) is 72.0 Å². The van der Waals surface area contributed by atoms with E-state index in [2.05, 4.69) is 11.0 Å². The van der Waals surface area contributed by atoms with Crippen LogP contribution in [-0.4, -0.2) is 67.0 Å². The van der Waals surface area contributed by atoms with E-state index in [1.54, 1.807) is 7.11 Å². The standard InChI is InChI=1S/C33H39N5O4/c1-3-41-32(39)30(25-5-4-22-14-17-38(33(35)36)21-26(22)20-25)23-6-12-28(13-7-23)42-29-15-18-37(19-16-29)31(34)24-8-10-27(40-2)11-9-24/h4-13,20,29-30,34H,3,14-19,21H2,1-2H3,(H3,35,36). The van der Waals surface area contributed by atoms with E-state index in [0.717, 1.165) is 66.1 Å². The van der Waals surface area contributed by atoms with Gasteiger partial charge >= 0.3 is 5.97 Å². The molecule has 220 valence electrons. The van der Waals surface area contributed by atoms with E-state index in [-0.39, 0.29) is 18.0 Å². The molecule has 3 aromatic carbocycles. The van der Waals surface area contributed by atoms with Gasteiger partial charge in [-0.15, -0.1) is 0 Å². The van der Waals surface area contributed by atoms with Gasteiger partial charge in [0, 0.05) is 44.6 Å². The molecule has 4 N–H and O–H groups in total. The number of piperidine rings is 1. The smallest absolute Gasteiger partial charge is 0.317 e. The van der Waals surface area contributed by atoms with Crippen LogP contribution in [0.25, 0.3) is 0 Å². The van der Waals surface area contributed by atoms with Crippen molar-refractivity contribution in [3.8, 4) is 11.5 Å². The first-order valence-electron chi connectivity index (χ1n) is 14.5. The first-order chi connectivity index (χ1) is 20.4. The van der Waals surface area contributed by atoms with Gasteiger partial charge in [0.25, 0.3) is 0 Å². The van der Waals surface area contributed by atoms with Gasteiger partial charge in [0.15, 0.2) is 5.96 Å². The molecule has 0 aliphatic carbocycles. The van der Waals surface area contributed by atoms with Crippen molar-refractivity contribution in [3.05, 3.63) is 94.5 Å². The van der Waals surface area contributed by atoms with Crippen LogP contribution >= 0.6 is 0 Å². The summed E-state index contributed by atoms with van der Waals surface area (Å²) >= 11 is 0. The third kappa shape index (κ3) is 6.51. The monoisotopic (exact) mass is 569 g/mol. The van der Waals surface area contributed by atoms with Crippen LogP contribution in [0.15, 0.2) is 66.7 Å². The molecule has 2 aliphatic rings. The lowest BCUT2D eigenvalue weighted by Gasteiger charge is -2.34. The van der Waals surface area contributed by atoms with E-state index in [9.17, 15) is 4.79 Å². The molecule has 0 spiro atoms. The third-order valence-corrected chi connectivity index (χ3v) is 8.08. The molecular weight excluding hydrogens is 530 g/mol. The molecule has 42 heavy (non-hydrogen) atoms. The lowest BCUT2D eigenvalue weighted by atomic mass is 9.87. The Kier molecular flexibility index (Phi) is 8.95. The van der Waals surface area contributed by atoms with Gasteiger partial charge in [0.2, 0.25) is 0 Å². The summed E-state index contributed by atoms with van der Waals surface area (Å²) in [5, 5.41) is 16.4. The Hall–Kier alpha value is -4.53. The number of carbonyl (C=O) groups is 1. The summed E-state index contributed by atoms with van der Waals surface area (Å²) in [6.07, 6.45) is 2.50. The number of fused-ring (bicyclic) bond motifs is 1. The Bertz CT molecular complexity index is 1420. The van der Waals surface area contributed by atoms with Gasteiger partial charge < -0.3 is 29.7 Å². The molecule has 9 heteroatoms. The molecule has 1 atom stereocenters. The van der Waals surface area contributed by atoms with Crippen molar-refractivity contribution in [1.82, 2.24) is 9.80 Å². The Balaban J connectivity index is 1.24. The molecule has 2 heterocycles. The zero-order chi connectivity index (χ0) is 29.6. The summed E-state index contributed by atoms with van der Waals surface area (Å²) in [6.45, 7) is 4.88. The highest BCUT2D eigenvalue weighted by molar-refractivity contribution is 5.96. The Labute approximate surface area is 247 Å². The zero-order valence-corrected chi connectivity index (χ0v) is 24.3. The van der Waals surface area contributed by atoms with Gasteiger partial charge in [-0.1, -0.05) is 30.3 Å². The Morgan fingerprint density at radius 2 is 1.57 bits per heavy atom. The van der Waals surface area contributed by atoms with Crippen molar-refractivity contribution >= 4 is 17.8 Å². The predicted molar refractivity (Wildman–Crippen MR) is 162 cm³/mol. The molecule has 0 radical (unpaired) electrons. The number of methoxy groups -OCH3 is 1. The average molecular weight is 570 g/mol. The summed E-state index contributed by atoms with van der Waals surface area (Å²) in [5.41, 5.74) is 10.6. The normalized spacial score (nSPS) is 15.9. The number of nitrogens with one attached hydrogen (secondary N) is 2. The fraction of sp³-hybridized carbons (Fsp3) is 0.364. The number of carbonyl (C=O) groups excluding carboxylic acids is 1. The maximum absolute atomic E-state index is 13.2. The van der Waals surface area contributed by atoms with Gasteiger partial charge in [0.05, 0.1) is 13.7 Å². The van der Waals surface area contributed by atoms with Crippen molar-refractivity contribution < 1.29 is 19.0 Å². The molecule has 5 rings (SSSR count). The zero-order valence-electron chi connectivity index (χ0n) is 24.3.